The number of benzene rings is 1. The molecule has 0 bridgehead atoms. The van der Waals surface area contributed by atoms with Crippen molar-refractivity contribution in [2.45, 2.75) is 45.6 Å². The largest absolute Gasteiger partial charge is 0.449 e. The molecule has 1 aromatic carbocycles. The third-order valence-electron chi connectivity index (χ3n) is 4.77. The van der Waals surface area contributed by atoms with Crippen molar-refractivity contribution in [1.29, 1.82) is 0 Å². The van der Waals surface area contributed by atoms with Crippen molar-refractivity contribution in [3.8, 4) is 11.3 Å². The Hall–Kier alpha value is -2.37. The van der Waals surface area contributed by atoms with Gasteiger partial charge in [0, 0.05) is 18.7 Å². The fourth-order valence-electron chi connectivity index (χ4n) is 3.24. The molecule has 1 amide bonds. The molecular weight excluding hydrogens is 316 g/mol. The van der Waals surface area contributed by atoms with Crippen molar-refractivity contribution in [3.05, 3.63) is 36.0 Å². The van der Waals surface area contributed by atoms with Crippen molar-refractivity contribution < 1.29 is 9.53 Å². The Balaban J connectivity index is 1.60. The molecule has 2 aromatic rings. The van der Waals surface area contributed by atoms with Crippen LogP contribution in [0.1, 0.15) is 44.3 Å². The van der Waals surface area contributed by atoms with Crippen LogP contribution in [0.5, 0.6) is 0 Å². The number of amides is 1. The quantitative estimate of drug-likeness (QED) is 0.775. The molecule has 6 heteroatoms. The predicted molar refractivity (Wildman–Crippen MR) is 96.3 cm³/mol. The van der Waals surface area contributed by atoms with Crippen LogP contribution < -0.4 is 0 Å². The number of nitrogens with zero attached hydrogens (tertiary/aromatic N) is 4. The van der Waals surface area contributed by atoms with Crippen molar-refractivity contribution in [2.24, 2.45) is 0 Å². The van der Waals surface area contributed by atoms with Gasteiger partial charge in [-0.05, 0) is 26.2 Å². The van der Waals surface area contributed by atoms with E-state index in [2.05, 4.69) is 36.3 Å². The van der Waals surface area contributed by atoms with E-state index in [-0.39, 0.29) is 12.1 Å². The number of unbranched alkanes of at least 4 members (excludes halogenated alkanes) is 1. The molecule has 0 saturated carbocycles. The van der Waals surface area contributed by atoms with Gasteiger partial charge in [-0.3, -0.25) is 0 Å². The van der Waals surface area contributed by atoms with E-state index in [4.69, 9.17) is 4.74 Å². The van der Waals surface area contributed by atoms with Crippen LogP contribution in [0, 0.1) is 6.92 Å². The fourth-order valence-corrected chi connectivity index (χ4v) is 3.24. The van der Waals surface area contributed by atoms with Crippen LogP contribution in [0.3, 0.4) is 0 Å². The number of piperidine rings is 1. The first kappa shape index (κ1) is 17.5. The summed E-state index contributed by atoms with van der Waals surface area (Å²) in [6.45, 7) is 6.07. The molecule has 0 radical (unpaired) electrons. The summed E-state index contributed by atoms with van der Waals surface area (Å²) in [4.78, 5) is 13.8. The molecular formula is C19H26N4O2. The zero-order chi connectivity index (χ0) is 17.6. The number of aromatic nitrogens is 3. The molecule has 0 aliphatic carbocycles. The first-order valence-corrected chi connectivity index (χ1v) is 9.09. The number of carbonyl (C=O) groups is 1. The summed E-state index contributed by atoms with van der Waals surface area (Å²) < 4.78 is 7.32. The van der Waals surface area contributed by atoms with E-state index in [9.17, 15) is 4.79 Å². The summed E-state index contributed by atoms with van der Waals surface area (Å²) in [6.07, 6.45) is 3.52. The third kappa shape index (κ3) is 4.00. The molecule has 134 valence electrons. The van der Waals surface area contributed by atoms with Crippen LogP contribution in [0.4, 0.5) is 4.79 Å². The maximum atomic E-state index is 12.0. The number of ether oxygens (including phenoxy) is 1. The highest BCUT2D eigenvalue weighted by Crippen LogP contribution is 2.27. The Morgan fingerprint density at radius 3 is 2.64 bits per heavy atom. The molecule has 1 fully saturated rings. The van der Waals surface area contributed by atoms with Crippen LogP contribution in [0.15, 0.2) is 30.3 Å². The monoisotopic (exact) mass is 342 g/mol. The number of rotatable bonds is 5. The average molecular weight is 342 g/mol. The zero-order valence-electron chi connectivity index (χ0n) is 15.0. The van der Waals surface area contributed by atoms with Crippen LogP contribution in [0.25, 0.3) is 11.3 Å². The van der Waals surface area contributed by atoms with Gasteiger partial charge in [-0.25, -0.2) is 9.48 Å². The lowest BCUT2D eigenvalue weighted by Crippen LogP contribution is -2.39. The minimum atomic E-state index is -0.188. The first-order chi connectivity index (χ1) is 12.2. The van der Waals surface area contributed by atoms with Crippen molar-refractivity contribution >= 4 is 6.09 Å². The minimum absolute atomic E-state index is 0.188. The van der Waals surface area contributed by atoms with Crippen molar-refractivity contribution in [2.75, 3.05) is 19.7 Å². The van der Waals surface area contributed by atoms with Crippen molar-refractivity contribution in [3.63, 3.8) is 0 Å². The second kappa shape index (κ2) is 8.14. The van der Waals surface area contributed by atoms with Gasteiger partial charge in [-0.15, -0.1) is 5.10 Å². The maximum absolute atomic E-state index is 12.0. The van der Waals surface area contributed by atoms with Gasteiger partial charge in [0.05, 0.1) is 18.3 Å². The van der Waals surface area contributed by atoms with Crippen LogP contribution in [-0.2, 0) is 4.74 Å². The first-order valence-electron chi connectivity index (χ1n) is 9.09. The van der Waals surface area contributed by atoms with E-state index in [1.54, 1.807) is 4.90 Å². The summed E-state index contributed by atoms with van der Waals surface area (Å²) in [5.41, 5.74) is 3.10. The SMILES string of the molecule is CCCCOC(=O)N1CCC(n2nnc(-c3ccccc3)c2C)CC1. The molecule has 1 saturated heterocycles. The molecule has 0 atom stereocenters. The number of likely N-dealkylation sites (tertiary alicyclic amines) is 1. The van der Waals surface area contributed by atoms with E-state index < -0.39 is 0 Å². The Bertz CT molecular complexity index is 691. The molecule has 0 N–H and O–H groups in total. The summed E-state index contributed by atoms with van der Waals surface area (Å²) in [5, 5.41) is 8.75. The highest BCUT2D eigenvalue weighted by Gasteiger charge is 2.27. The number of hydrogen-bond acceptors (Lipinski definition) is 4. The predicted octanol–water partition coefficient (Wildman–Crippen LogP) is 3.83. The molecule has 3 rings (SSSR count). The summed E-state index contributed by atoms with van der Waals surface area (Å²) >= 11 is 0. The molecule has 1 aromatic heterocycles. The molecule has 6 nitrogen and oxygen atoms in total. The second-order valence-corrected chi connectivity index (χ2v) is 6.52. The van der Waals surface area contributed by atoms with E-state index in [1.165, 1.54) is 0 Å². The van der Waals surface area contributed by atoms with Crippen LogP contribution in [-0.4, -0.2) is 45.7 Å². The lowest BCUT2D eigenvalue weighted by Gasteiger charge is -2.31. The summed E-state index contributed by atoms with van der Waals surface area (Å²) in [5.74, 6) is 0. The lowest BCUT2D eigenvalue weighted by atomic mass is 10.0. The maximum Gasteiger partial charge on any atom is 0.409 e. The number of hydrogen-bond donors (Lipinski definition) is 0. The van der Waals surface area contributed by atoms with E-state index in [1.807, 2.05) is 22.9 Å². The highest BCUT2D eigenvalue weighted by atomic mass is 16.6. The van der Waals surface area contributed by atoms with Gasteiger partial charge in [0.15, 0.2) is 0 Å². The molecule has 1 aliphatic rings. The van der Waals surface area contributed by atoms with Gasteiger partial charge in [0.2, 0.25) is 0 Å². The van der Waals surface area contributed by atoms with Gasteiger partial charge >= 0.3 is 6.09 Å². The molecule has 0 unspecified atom stereocenters. The minimum Gasteiger partial charge on any atom is -0.449 e. The third-order valence-corrected chi connectivity index (χ3v) is 4.77. The summed E-state index contributed by atoms with van der Waals surface area (Å²) in [6, 6.07) is 10.4. The average Bonchev–Trinajstić information content (AvgIpc) is 3.04. The molecule has 25 heavy (non-hydrogen) atoms. The van der Waals surface area contributed by atoms with Gasteiger partial charge in [0.25, 0.3) is 0 Å². The normalized spacial score (nSPS) is 15.4. The Kier molecular flexibility index (Phi) is 5.68. The number of carbonyl (C=O) groups excluding carboxylic acids is 1. The van der Waals surface area contributed by atoms with Gasteiger partial charge in [-0.1, -0.05) is 48.9 Å². The van der Waals surface area contributed by atoms with E-state index in [0.717, 1.165) is 42.6 Å². The van der Waals surface area contributed by atoms with E-state index >= 15 is 0 Å². The van der Waals surface area contributed by atoms with Gasteiger partial charge < -0.3 is 9.64 Å². The topological polar surface area (TPSA) is 60.2 Å². The zero-order valence-corrected chi connectivity index (χ0v) is 15.0. The molecule has 1 aliphatic heterocycles. The highest BCUT2D eigenvalue weighted by molar-refractivity contribution is 5.67. The van der Waals surface area contributed by atoms with Gasteiger partial charge in [-0.2, -0.15) is 0 Å². The fraction of sp³-hybridized carbons (Fsp3) is 0.526. The summed E-state index contributed by atoms with van der Waals surface area (Å²) in [7, 11) is 0. The Morgan fingerprint density at radius 1 is 1.24 bits per heavy atom. The van der Waals surface area contributed by atoms with Crippen LogP contribution in [0.2, 0.25) is 0 Å². The smallest absolute Gasteiger partial charge is 0.409 e. The molecule has 2 heterocycles. The lowest BCUT2D eigenvalue weighted by molar-refractivity contribution is 0.0861. The van der Waals surface area contributed by atoms with Crippen molar-refractivity contribution in [1.82, 2.24) is 19.9 Å². The Morgan fingerprint density at radius 2 is 1.96 bits per heavy atom. The standard InChI is InChI=1S/C19H26N4O2/c1-3-4-14-25-19(24)22-12-10-17(11-13-22)23-15(2)18(20-21-23)16-8-6-5-7-9-16/h5-9,17H,3-4,10-14H2,1-2H3. The molecule has 0 spiro atoms. The van der Waals surface area contributed by atoms with Crippen LogP contribution >= 0.6 is 0 Å². The Labute approximate surface area is 148 Å². The van der Waals surface area contributed by atoms with Gasteiger partial charge in [0.1, 0.15) is 5.69 Å². The second-order valence-electron chi connectivity index (χ2n) is 6.52. The van der Waals surface area contributed by atoms with E-state index in [0.29, 0.717) is 19.7 Å².